The number of hydrogen-bond acceptors (Lipinski definition) is 9. The van der Waals surface area contributed by atoms with E-state index < -0.39 is 5.60 Å². The quantitative estimate of drug-likeness (QED) is 0.193. The van der Waals surface area contributed by atoms with E-state index in [0.717, 1.165) is 32.8 Å². The highest BCUT2D eigenvalue weighted by molar-refractivity contribution is 7.22. The van der Waals surface area contributed by atoms with Crippen molar-refractivity contribution in [2.45, 2.75) is 39.4 Å². The van der Waals surface area contributed by atoms with E-state index in [2.05, 4.69) is 21.4 Å². The maximum atomic E-state index is 13.6. The molecule has 1 aliphatic rings. The molecule has 0 atom stereocenters. The van der Waals surface area contributed by atoms with E-state index in [4.69, 9.17) is 14.2 Å². The molecule has 3 aromatic carbocycles. The summed E-state index contributed by atoms with van der Waals surface area (Å²) in [7, 11) is 1.55. The van der Waals surface area contributed by atoms with E-state index in [1.54, 1.807) is 36.3 Å². The van der Waals surface area contributed by atoms with Crippen molar-refractivity contribution in [3.63, 3.8) is 0 Å². The minimum atomic E-state index is -0.526. The third-order valence-corrected chi connectivity index (χ3v) is 8.44. The number of pyridine rings is 1. The van der Waals surface area contributed by atoms with Gasteiger partial charge in [-0.3, -0.25) is 15.1 Å². The van der Waals surface area contributed by atoms with Gasteiger partial charge in [0.05, 0.1) is 47.6 Å². The van der Waals surface area contributed by atoms with Crippen LogP contribution in [0.2, 0.25) is 0 Å². The van der Waals surface area contributed by atoms with E-state index in [1.165, 1.54) is 17.5 Å². The molecule has 6 rings (SSSR count). The number of aromatic nitrogens is 2. The van der Waals surface area contributed by atoms with Crippen molar-refractivity contribution >= 4 is 38.7 Å². The highest BCUT2D eigenvalue weighted by Gasteiger charge is 2.35. The number of nitriles is 1. The average Bonchev–Trinajstić information content (AvgIpc) is 3.43. The summed E-state index contributed by atoms with van der Waals surface area (Å²) < 4.78 is 17.9. The third-order valence-electron chi connectivity index (χ3n) is 7.50. The molecule has 1 N–H and O–H groups in total. The number of fused-ring (bicyclic) bond motifs is 1. The lowest BCUT2D eigenvalue weighted by Gasteiger charge is -2.39. The molecule has 0 unspecified atom stereocenters. The largest absolute Gasteiger partial charge is 0.496 e. The number of likely N-dealkylation sites (tertiary alicyclic amines) is 1. The Balaban J connectivity index is 1.14. The first-order valence-electron chi connectivity index (χ1n) is 15.0. The number of rotatable bonds is 7. The van der Waals surface area contributed by atoms with Crippen LogP contribution in [-0.2, 0) is 4.74 Å². The standard InChI is InChI=1S/C36H33N5O5S/c1-21-14-27(28-15-22(17-37)6-13-31(28)44-5)29(18-38-21)33(42)40-34-39-30-12-9-24(16-32(30)47-34)23-7-10-25(11-8-23)45-26-19-41(20-26)35(43)46-36(2,3)4/h6-16,18,26H,19-20H2,1-5H3,(H,39,40,42). The summed E-state index contributed by atoms with van der Waals surface area (Å²) in [5.74, 6) is 0.907. The molecule has 1 saturated heterocycles. The predicted molar refractivity (Wildman–Crippen MR) is 181 cm³/mol. The van der Waals surface area contributed by atoms with Gasteiger partial charge in [-0.25, -0.2) is 9.78 Å². The van der Waals surface area contributed by atoms with Gasteiger partial charge in [-0.05, 0) is 87.4 Å². The molecule has 238 valence electrons. The van der Waals surface area contributed by atoms with Crippen LogP contribution in [0.25, 0.3) is 32.5 Å². The summed E-state index contributed by atoms with van der Waals surface area (Å²) in [5, 5.41) is 12.8. The van der Waals surface area contributed by atoms with Crippen LogP contribution in [0, 0.1) is 18.3 Å². The first-order valence-corrected chi connectivity index (χ1v) is 15.8. The zero-order valence-electron chi connectivity index (χ0n) is 26.7. The van der Waals surface area contributed by atoms with Gasteiger partial charge in [0.15, 0.2) is 5.13 Å². The second kappa shape index (κ2) is 12.7. The number of amides is 2. The molecule has 10 nitrogen and oxygen atoms in total. The van der Waals surface area contributed by atoms with Gasteiger partial charge < -0.3 is 19.1 Å². The Morgan fingerprint density at radius 2 is 1.74 bits per heavy atom. The number of thiazole rings is 1. The molecule has 2 aromatic heterocycles. The number of nitrogens with one attached hydrogen (secondary N) is 1. The van der Waals surface area contributed by atoms with Gasteiger partial charge in [0.25, 0.3) is 5.91 Å². The first-order chi connectivity index (χ1) is 22.5. The molecule has 0 saturated carbocycles. The highest BCUT2D eigenvalue weighted by atomic mass is 32.1. The van der Waals surface area contributed by atoms with Crippen molar-refractivity contribution in [3.05, 3.63) is 89.7 Å². The van der Waals surface area contributed by atoms with E-state index in [1.807, 2.05) is 70.2 Å². The molecule has 47 heavy (non-hydrogen) atoms. The molecule has 1 fully saturated rings. The molecule has 11 heteroatoms. The Kier molecular flexibility index (Phi) is 8.54. The Morgan fingerprint density at radius 3 is 2.45 bits per heavy atom. The van der Waals surface area contributed by atoms with Crippen molar-refractivity contribution in [1.29, 1.82) is 5.26 Å². The van der Waals surface area contributed by atoms with Crippen LogP contribution < -0.4 is 14.8 Å². The second-order valence-electron chi connectivity index (χ2n) is 12.2. The van der Waals surface area contributed by atoms with Gasteiger partial charge in [0, 0.05) is 23.0 Å². The molecular formula is C36H33N5O5S. The topological polar surface area (TPSA) is 127 Å². The Bertz CT molecular complexity index is 2020. The van der Waals surface area contributed by atoms with Crippen molar-refractivity contribution in [2.75, 3.05) is 25.5 Å². The van der Waals surface area contributed by atoms with E-state index in [9.17, 15) is 14.9 Å². The van der Waals surface area contributed by atoms with Gasteiger partial charge in [-0.15, -0.1) is 0 Å². The van der Waals surface area contributed by atoms with Crippen molar-refractivity contribution in [3.8, 4) is 39.8 Å². The van der Waals surface area contributed by atoms with Gasteiger partial charge in [-0.2, -0.15) is 5.26 Å². The summed E-state index contributed by atoms with van der Waals surface area (Å²) in [6.45, 7) is 8.36. The van der Waals surface area contributed by atoms with E-state index in [-0.39, 0.29) is 18.1 Å². The smallest absolute Gasteiger partial charge is 0.410 e. The maximum absolute atomic E-state index is 13.6. The van der Waals surface area contributed by atoms with Crippen LogP contribution in [0.1, 0.15) is 42.4 Å². The lowest BCUT2D eigenvalue weighted by Crippen LogP contribution is -2.57. The molecule has 2 amide bonds. The zero-order valence-corrected chi connectivity index (χ0v) is 27.5. The number of anilines is 1. The van der Waals surface area contributed by atoms with Crippen LogP contribution in [0.5, 0.6) is 11.5 Å². The minimum Gasteiger partial charge on any atom is -0.496 e. The number of aryl methyl sites for hydroxylation is 1. The normalized spacial score (nSPS) is 13.1. The molecule has 5 aromatic rings. The fraction of sp³-hybridized carbons (Fsp3) is 0.250. The molecule has 0 bridgehead atoms. The van der Waals surface area contributed by atoms with Gasteiger partial charge >= 0.3 is 6.09 Å². The predicted octanol–water partition coefficient (Wildman–Crippen LogP) is 7.46. The van der Waals surface area contributed by atoms with Gasteiger partial charge in [-0.1, -0.05) is 29.5 Å². The lowest BCUT2D eigenvalue weighted by molar-refractivity contribution is -0.0221. The summed E-state index contributed by atoms with van der Waals surface area (Å²) >= 11 is 1.38. The highest BCUT2D eigenvalue weighted by Crippen LogP contribution is 2.35. The fourth-order valence-electron chi connectivity index (χ4n) is 5.18. The number of benzene rings is 3. The average molecular weight is 648 g/mol. The van der Waals surface area contributed by atoms with Crippen LogP contribution in [0.15, 0.2) is 72.9 Å². The second-order valence-corrected chi connectivity index (χ2v) is 13.2. The SMILES string of the molecule is COc1ccc(C#N)cc1-c1cc(C)ncc1C(=O)Nc1nc2ccc(-c3ccc(OC4CN(C(=O)OC(C)(C)C)C4)cc3)cc2s1. The molecule has 0 aliphatic carbocycles. The summed E-state index contributed by atoms with van der Waals surface area (Å²) in [5.41, 5.74) is 5.00. The Hall–Kier alpha value is -5.47. The third kappa shape index (κ3) is 7.03. The number of methoxy groups -OCH3 is 1. The number of hydrogen-bond donors (Lipinski definition) is 1. The monoisotopic (exact) mass is 647 g/mol. The fourth-order valence-corrected chi connectivity index (χ4v) is 6.08. The number of nitrogens with zero attached hydrogens (tertiary/aromatic N) is 4. The summed E-state index contributed by atoms with van der Waals surface area (Å²) in [6, 6.07) is 22.8. The molecule has 0 radical (unpaired) electrons. The van der Waals surface area contributed by atoms with E-state index >= 15 is 0 Å². The summed E-state index contributed by atoms with van der Waals surface area (Å²) in [6.07, 6.45) is 1.13. The zero-order chi connectivity index (χ0) is 33.3. The maximum Gasteiger partial charge on any atom is 0.410 e. The lowest BCUT2D eigenvalue weighted by atomic mass is 9.97. The van der Waals surface area contributed by atoms with Crippen LogP contribution in [-0.4, -0.2) is 58.8 Å². The van der Waals surface area contributed by atoms with Crippen LogP contribution in [0.3, 0.4) is 0 Å². The van der Waals surface area contributed by atoms with Crippen molar-refractivity contribution in [2.24, 2.45) is 0 Å². The molecule has 0 spiro atoms. The number of ether oxygens (including phenoxy) is 3. The van der Waals surface area contributed by atoms with Crippen LogP contribution in [0.4, 0.5) is 9.93 Å². The number of carbonyl (C=O) groups excluding carboxylic acids is 2. The minimum absolute atomic E-state index is 0.0768. The van der Waals surface area contributed by atoms with E-state index in [0.29, 0.717) is 46.2 Å². The molecule has 1 aliphatic heterocycles. The van der Waals surface area contributed by atoms with Crippen molar-refractivity contribution < 1.29 is 23.8 Å². The Labute approximate surface area is 276 Å². The molecule has 3 heterocycles. The first kappa shape index (κ1) is 31.5. The van der Waals surface area contributed by atoms with Crippen molar-refractivity contribution in [1.82, 2.24) is 14.9 Å². The van der Waals surface area contributed by atoms with Crippen LogP contribution >= 0.6 is 11.3 Å². The number of carbonyl (C=O) groups is 2. The Morgan fingerprint density at radius 1 is 1.00 bits per heavy atom. The van der Waals surface area contributed by atoms with Gasteiger partial charge in [0.2, 0.25) is 0 Å². The summed E-state index contributed by atoms with van der Waals surface area (Å²) in [4.78, 5) is 36.4. The molecular weight excluding hydrogens is 614 g/mol. The van der Waals surface area contributed by atoms with Gasteiger partial charge in [0.1, 0.15) is 23.2 Å².